The molecule has 5 heterocycles. The Morgan fingerprint density at radius 3 is 2.76 bits per heavy atom. The van der Waals surface area contributed by atoms with Crippen LogP contribution in [0.3, 0.4) is 0 Å². The molecule has 33 heavy (non-hydrogen) atoms. The monoisotopic (exact) mass is 480 g/mol. The van der Waals surface area contributed by atoms with Crippen molar-refractivity contribution in [2.75, 3.05) is 24.5 Å². The lowest BCUT2D eigenvalue weighted by Crippen LogP contribution is -2.40. The van der Waals surface area contributed by atoms with Gasteiger partial charge in [0.1, 0.15) is 0 Å². The summed E-state index contributed by atoms with van der Waals surface area (Å²) in [4.78, 5) is 33.8. The van der Waals surface area contributed by atoms with E-state index in [9.17, 15) is 9.59 Å². The maximum absolute atomic E-state index is 12.1. The third kappa shape index (κ3) is 3.72. The van der Waals surface area contributed by atoms with Gasteiger partial charge in [0.25, 0.3) is 0 Å². The second kappa shape index (κ2) is 8.38. The van der Waals surface area contributed by atoms with E-state index in [0.29, 0.717) is 25.4 Å². The van der Waals surface area contributed by atoms with Gasteiger partial charge in [-0.2, -0.15) is 0 Å². The van der Waals surface area contributed by atoms with Crippen molar-refractivity contribution in [1.82, 2.24) is 15.2 Å². The quantitative estimate of drug-likeness (QED) is 0.561. The average Bonchev–Trinajstić information content (AvgIpc) is 3.55. The number of carbonyl (C=O) groups is 2. The number of nitrogens with one attached hydrogen (secondary N) is 1. The summed E-state index contributed by atoms with van der Waals surface area (Å²) in [6, 6.07) is 8.78. The van der Waals surface area contributed by atoms with E-state index < -0.39 is 0 Å². The summed E-state index contributed by atoms with van der Waals surface area (Å²) < 4.78 is 1.08. The number of halogens is 1. The lowest BCUT2D eigenvalue weighted by molar-refractivity contribution is -0.138. The van der Waals surface area contributed by atoms with Crippen molar-refractivity contribution in [3.63, 3.8) is 0 Å². The van der Waals surface area contributed by atoms with Gasteiger partial charge < -0.3 is 10.2 Å². The number of hydrogen-bond donors (Lipinski definition) is 1. The highest BCUT2D eigenvalue weighted by Gasteiger charge is 2.31. The number of carbonyl (C=O) groups excluding carboxylic acids is 2. The predicted octanol–water partition coefficient (Wildman–Crippen LogP) is 4.38. The highest BCUT2D eigenvalue weighted by atomic mass is 35.5. The molecule has 0 spiro atoms. The molecule has 8 heteroatoms. The van der Waals surface area contributed by atoms with E-state index >= 15 is 0 Å². The minimum Gasteiger partial charge on any atom is -0.366 e. The Hall–Kier alpha value is -2.48. The summed E-state index contributed by atoms with van der Waals surface area (Å²) in [6.45, 7) is 3.44. The smallest absolute Gasteiger partial charge is 0.230 e. The van der Waals surface area contributed by atoms with Crippen molar-refractivity contribution in [2.45, 2.75) is 44.7 Å². The first kappa shape index (κ1) is 21.1. The highest BCUT2D eigenvalue weighted by Crippen LogP contribution is 2.44. The molecule has 2 saturated heterocycles. The number of rotatable bonds is 4. The van der Waals surface area contributed by atoms with Crippen LogP contribution in [0.25, 0.3) is 21.3 Å². The minimum atomic E-state index is -0.0876. The molecular formula is C25H25ClN4O2S. The van der Waals surface area contributed by atoms with Crippen molar-refractivity contribution < 1.29 is 9.59 Å². The SMILES string of the molecule is O=C1CCC(=O)N1Cc1cc2nccc(-c3cc(Cl)cc4c3N([C@H]3CCNC3)CCC4)c2s1. The van der Waals surface area contributed by atoms with Gasteiger partial charge in [-0.25, -0.2) is 0 Å². The van der Waals surface area contributed by atoms with E-state index in [2.05, 4.69) is 33.4 Å². The van der Waals surface area contributed by atoms with Crippen LogP contribution in [0.5, 0.6) is 0 Å². The number of benzene rings is 1. The molecule has 0 radical (unpaired) electrons. The molecule has 2 fully saturated rings. The molecule has 1 aromatic carbocycles. The van der Waals surface area contributed by atoms with Crippen LogP contribution in [0, 0.1) is 0 Å². The van der Waals surface area contributed by atoms with Gasteiger partial charge in [0.2, 0.25) is 11.8 Å². The number of aromatic nitrogens is 1. The average molecular weight is 481 g/mol. The van der Waals surface area contributed by atoms with Crippen molar-refractivity contribution in [1.29, 1.82) is 0 Å². The fourth-order valence-electron chi connectivity index (χ4n) is 5.45. The van der Waals surface area contributed by atoms with Gasteiger partial charge in [0.05, 0.1) is 16.8 Å². The normalized spacial score (nSPS) is 20.8. The van der Waals surface area contributed by atoms with Crippen LogP contribution < -0.4 is 10.2 Å². The van der Waals surface area contributed by atoms with Gasteiger partial charge in [0, 0.05) is 64.9 Å². The topological polar surface area (TPSA) is 65.5 Å². The number of aryl methyl sites for hydroxylation is 1. The lowest BCUT2D eigenvalue weighted by atomic mass is 9.92. The molecule has 3 aliphatic rings. The molecule has 6 rings (SSSR count). The van der Waals surface area contributed by atoms with E-state index in [1.807, 2.05) is 12.3 Å². The number of hydrogen-bond acceptors (Lipinski definition) is 6. The maximum Gasteiger partial charge on any atom is 0.230 e. The number of anilines is 1. The number of pyridine rings is 1. The summed E-state index contributed by atoms with van der Waals surface area (Å²) in [6.07, 6.45) is 5.78. The second-order valence-corrected chi connectivity index (χ2v) is 10.6. The van der Waals surface area contributed by atoms with Crippen LogP contribution in [0.1, 0.15) is 36.1 Å². The lowest BCUT2D eigenvalue weighted by Gasteiger charge is -2.38. The summed E-state index contributed by atoms with van der Waals surface area (Å²) >= 11 is 8.23. The summed E-state index contributed by atoms with van der Waals surface area (Å²) in [5, 5.41) is 4.26. The Balaban J connectivity index is 1.46. The molecule has 1 N–H and O–H groups in total. The number of amides is 2. The zero-order chi connectivity index (χ0) is 22.5. The largest absolute Gasteiger partial charge is 0.366 e. The van der Waals surface area contributed by atoms with E-state index in [-0.39, 0.29) is 11.8 Å². The van der Waals surface area contributed by atoms with Crippen LogP contribution in [0.4, 0.5) is 5.69 Å². The van der Waals surface area contributed by atoms with Crippen molar-refractivity contribution >= 4 is 50.7 Å². The first-order chi connectivity index (χ1) is 16.1. The first-order valence-corrected chi connectivity index (χ1v) is 12.8. The third-order valence-corrected chi connectivity index (χ3v) is 8.34. The molecule has 2 aromatic heterocycles. The number of imide groups is 1. The number of nitrogens with zero attached hydrogens (tertiary/aromatic N) is 3. The molecule has 3 aliphatic heterocycles. The molecule has 2 amide bonds. The Kier molecular flexibility index (Phi) is 5.35. The van der Waals surface area contributed by atoms with Crippen LogP contribution in [-0.2, 0) is 22.6 Å². The fourth-order valence-corrected chi connectivity index (χ4v) is 6.82. The van der Waals surface area contributed by atoms with Crippen molar-refractivity contribution in [2.24, 2.45) is 0 Å². The maximum atomic E-state index is 12.1. The molecule has 6 nitrogen and oxygen atoms in total. The summed E-state index contributed by atoms with van der Waals surface area (Å²) in [5.74, 6) is -0.175. The van der Waals surface area contributed by atoms with Gasteiger partial charge in [-0.3, -0.25) is 19.5 Å². The van der Waals surface area contributed by atoms with E-state index in [4.69, 9.17) is 11.6 Å². The van der Waals surface area contributed by atoms with Crippen molar-refractivity contribution in [3.8, 4) is 11.1 Å². The van der Waals surface area contributed by atoms with Gasteiger partial charge >= 0.3 is 0 Å². The van der Waals surface area contributed by atoms with E-state index in [1.165, 1.54) is 16.2 Å². The number of fused-ring (bicyclic) bond motifs is 2. The molecule has 0 saturated carbocycles. The Labute approximate surface area is 201 Å². The van der Waals surface area contributed by atoms with Gasteiger partial charge in [-0.15, -0.1) is 11.3 Å². The van der Waals surface area contributed by atoms with Gasteiger partial charge in [0.15, 0.2) is 0 Å². The van der Waals surface area contributed by atoms with E-state index in [1.54, 1.807) is 11.3 Å². The van der Waals surface area contributed by atoms with Gasteiger partial charge in [-0.05, 0) is 55.6 Å². The molecule has 0 unspecified atom stereocenters. The Bertz CT molecular complexity index is 1250. The Morgan fingerprint density at radius 2 is 1.97 bits per heavy atom. The van der Waals surface area contributed by atoms with Crippen LogP contribution in [0.15, 0.2) is 30.5 Å². The molecule has 0 aliphatic carbocycles. The zero-order valence-electron chi connectivity index (χ0n) is 18.3. The van der Waals surface area contributed by atoms with E-state index in [0.717, 1.165) is 70.1 Å². The third-order valence-electron chi connectivity index (χ3n) is 6.98. The first-order valence-electron chi connectivity index (χ1n) is 11.6. The standard InChI is InChI=1S/C25H25ClN4O2S/c26-16-10-15-2-1-9-29(17-5-7-27-13-17)24(15)20(11-16)19-6-8-28-21-12-18(33-25(19)21)14-30-22(31)3-4-23(30)32/h6,8,10-12,17,27H,1-5,7,9,13-14H2/t17-/m0/s1. The fraction of sp³-hybridized carbons (Fsp3) is 0.400. The highest BCUT2D eigenvalue weighted by molar-refractivity contribution is 7.19. The number of thiophene rings is 1. The second-order valence-electron chi connectivity index (χ2n) is 9.06. The molecule has 3 aromatic rings. The van der Waals surface area contributed by atoms with Crippen LogP contribution >= 0.6 is 22.9 Å². The predicted molar refractivity (Wildman–Crippen MR) is 132 cm³/mol. The molecule has 170 valence electrons. The number of likely N-dealkylation sites (tertiary alicyclic amines) is 1. The van der Waals surface area contributed by atoms with Crippen molar-refractivity contribution in [3.05, 3.63) is 45.9 Å². The summed E-state index contributed by atoms with van der Waals surface area (Å²) in [7, 11) is 0. The molecule has 0 bridgehead atoms. The van der Waals surface area contributed by atoms with Gasteiger partial charge in [-0.1, -0.05) is 11.6 Å². The molecular weight excluding hydrogens is 456 g/mol. The zero-order valence-corrected chi connectivity index (χ0v) is 19.8. The molecule has 1 atom stereocenters. The van der Waals surface area contributed by atoms with Crippen LogP contribution in [-0.4, -0.2) is 47.4 Å². The minimum absolute atomic E-state index is 0.0876. The Morgan fingerprint density at radius 1 is 1.12 bits per heavy atom. The summed E-state index contributed by atoms with van der Waals surface area (Å²) in [5.41, 5.74) is 5.77. The van der Waals surface area contributed by atoms with Crippen LogP contribution in [0.2, 0.25) is 5.02 Å².